The molecule has 0 spiro atoms. The lowest BCUT2D eigenvalue weighted by molar-refractivity contribution is 0.676. The van der Waals surface area contributed by atoms with Gasteiger partial charge in [0.05, 0.1) is 0 Å². The van der Waals surface area contributed by atoms with Crippen LogP contribution in [0.3, 0.4) is 0 Å². The van der Waals surface area contributed by atoms with E-state index in [1.165, 1.54) is 0 Å². The van der Waals surface area contributed by atoms with E-state index in [0.29, 0.717) is 0 Å². The molecule has 76 valence electrons. The van der Waals surface area contributed by atoms with Gasteiger partial charge in [-0.25, -0.2) is 0 Å². The molecule has 2 aromatic carbocycles. The number of fused-ring (bicyclic) bond motifs is 3. The van der Waals surface area contributed by atoms with Crippen LogP contribution in [0.1, 0.15) is 0 Å². The summed E-state index contributed by atoms with van der Waals surface area (Å²) < 4.78 is 12.7. The SMILES string of the molecule is C[SH]1(=O)c2ccccc2-c2ccccc21. The van der Waals surface area contributed by atoms with Crippen molar-refractivity contribution in [1.29, 1.82) is 0 Å². The molecule has 0 aliphatic carbocycles. The summed E-state index contributed by atoms with van der Waals surface area (Å²) in [4.78, 5) is 2.01. The van der Waals surface area contributed by atoms with Crippen molar-refractivity contribution in [3.05, 3.63) is 48.5 Å². The van der Waals surface area contributed by atoms with E-state index in [4.69, 9.17) is 0 Å². The zero-order valence-electron chi connectivity index (χ0n) is 8.47. The van der Waals surface area contributed by atoms with E-state index in [9.17, 15) is 4.21 Å². The van der Waals surface area contributed by atoms with E-state index < -0.39 is 9.93 Å². The number of hydrogen-bond acceptors (Lipinski definition) is 1. The quantitative estimate of drug-likeness (QED) is 0.670. The monoisotopic (exact) mass is 216 g/mol. The lowest BCUT2D eigenvalue weighted by atomic mass is 10.1. The Kier molecular flexibility index (Phi) is 1.65. The molecule has 2 heteroatoms. The Balaban J connectivity index is 2.47. The van der Waals surface area contributed by atoms with Crippen LogP contribution in [0.2, 0.25) is 0 Å². The minimum absolute atomic E-state index is 1.01. The highest BCUT2D eigenvalue weighted by Gasteiger charge is 2.28. The average molecular weight is 216 g/mol. The second-order valence-electron chi connectivity index (χ2n) is 3.96. The molecule has 0 saturated heterocycles. The molecule has 0 aromatic heterocycles. The van der Waals surface area contributed by atoms with Crippen molar-refractivity contribution in [2.75, 3.05) is 6.26 Å². The van der Waals surface area contributed by atoms with E-state index in [0.717, 1.165) is 20.9 Å². The topological polar surface area (TPSA) is 17.1 Å². The van der Waals surface area contributed by atoms with Gasteiger partial charge in [-0.15, -0.1) is 0 Å². The zero-order valence-corrected chi connectivity index (χ0v) is 9.37. The highest BCUT2D eigenvalue weighted by Crippen LogP contribution is 2.45. The first-order chi connectivity index (χ1) is 7.21. The second kappa shape index (κ2) is 2.80. The fourth-order valence-corrected chi connectivity index (χ4v) is 4.59. The van der Waals surface area contributed by atoms with E-state index in [-0.39, 0.29) is 0 Å². The summed E-state index contributed by atoms with van der Waals surface area (Å²) in [7, 11) is -2.32. The largest absolute Gasteiger partial charge is 0.276 e. The molecule has 1 aliphatic rings. The second-order valence-corrected chi connectivity index (χ2v) is 6.77. The van der Waals surface area contributed by atoms with E-state index >= 15 is 0 Å². The lowest BCUT2D eigenvalue weighted by Crippen LogP contribution is -2.05. The predicted octanol–water partition coefficient (Wildman–Crippen LogP) is 2.73. The van der Waals surface area contributed by atoms with Crippen LogP contribution in [-0.4, -0.2) is 10.5 Å². The van der Waals surface area contributed by atoms with E-state index in [1.807, 2.05) is 42.7 Å². The van der Waals surface area contributed by atoms with Crippen LogP contribution in [0.5, 0.6) is 0 Å². The van der Waals surface area contributed by atoms with Crippen molar-refractivity contribution in [2.45, 2.75) is 9.79 Å². The molecule has 2 aromatic rings. The van der Waals surface area contributed by atoms with Gasteiger partial charge in [0.25, 0.3) is 0 Å². The molecule has 0 radical (unpaired) electrons. The van der Waals surface area contributed by atoms with Gasteiger partial charge in [0, 0.05) is 9.79 Å². The summed E-state index contributed by atoms with van der Waals surface area (Å²) in [6, 6.07) is 16.0. The van der Waals surface area contributed by atoms with Crippen molar-refractivity contribution in [2.24, 2.45) is 0 Å². The maximum absolute atomic E-state index is 12.7. The third kappa shape index (κ3) is 1.05. The molecular weight excluding hydrogens is 204 g/mol. The van der Waals surface area contributed by atoms with Gasteiger partial charge in [0.1, 0.15) is 0 Å². The maximum atomic E-state index is 12.7. The maximum Gasteiger partial charge on any atom is 0.0264 e. The lowest BCUT2D eigenvalue weighted by Gasteiger charge is -2.13. The van der Waals surface area contributed by atoms with E-state index in [2.05, 4.69) is 12.1 Å². The molecule has 0 saturated carbocycles. The van der Waals surface area contributed by atoms with Crippen LogP contribution in [0.25, 0.3) is 11.1 Å². The first-order valence-corrected chi connectivity index (χ1v) is 7.14. The minimum atomic E-state index is -2.32. The molecule has 0 atom stereocenters. The van der Waals surface area contributed by atoms with Crippen LogP contribution in [0.4, 0.5) is 0 Å². The molecule has 1 heterocycles. The summed E-state index contributed by atoms with van der Waals surface area (Å²) in [5.74, 6) is 0. The molecule has 0 fully saturated rings. The number of thiol groups is 1. The molecule has 1 nitrogen and oxygen atoms in total. The third-order valence-electron chi connectivity index (χ3n) is 3.02. The normalized spacial score (nSPS) is 17.9. The fourth-order valence-electron chi connectivity index (χ4n) is 2.28. The Morgan fingerprint density at radius 1 is 0.800 bits per heavy atom. The molecule has 15 heavy (non-hydrogen) atoms. The minimum Gasteiger partial charge on any atom is -0.276 e. The van der Waals surface area contributed by atoms with Crippen molar-refractivity contribution in [3.8, 4) is 11.1 Å². The molecule has 0 unspecified atom stereocenters. The van der Waals surface area contributed by atoms with Crippen molar-refractivity contribution in [1.82, 2.24) is 0 Å². The van der Waals surface area contributed by atoms with Crippen molar-refractivity contribution in [3.63, 3.8) is 0 Å². The molecule has 0 N–H and O–H groups in total. The van der Waals surface area contributed by atoms with Crippen LogP contribution in [-0.2, 0) is 9.93 Å². The Bertz CT molecular complexity index is 537. The van der Waals surface area contributed by atoms with Crippen molar-refractivity contribution >= 4 is 9.93 Å². The first-order valence-electron chi connectivity index (χ1n) is 4.98. The van der Waals surface area contributed by atoms with Crippen molar-refractivity contribution < 1.29 is 4.21 Å². The Hall–Kier alpha value is -1.41. The summed E-state index contributed by atoms with van der Waals surface area (Å²) in [6.07, 6.45) is 1.86. The summed E-state index contributed by atoms with van der Waals surface area (Å²) in [5.41, 5.74) is 2.28. The van der Waals surface area contributed by atoms with Gasteiger partial charge < -0.3 is 0 Å². The van der Waals surface area contributed by atoms with Gasteiger partial charge in [0.15, 0.2) is 0 Å². The summed E-state index contributed by atoms with van der Waals surface area (Å²) in [5, 5.41) is 0. The van der Waals surface area contributed by atoms with Gasteiger partial charge in [-0.3, -0.25) is 4.21 Å². The van der Waals surface area contributed by atoms with E-state index in [1.54, 1.807) is 0 Å². The van der Waals surface area contributed by atoms with Crippen LogP contribution in [0.15, 0.2) is 58.3 Å². The van der Waals surface area contributed by atoms with Crippen LogP contribution < -0.4 is 0 Å². The highest BCUT2D eigenvalue weighted by atomic mass is 32.2. The van der Waals surface area contributed by atoms with Gasteiger partial charge in [-0.05, 0) is 29.5 Å². The third-order valence-corrected chi connectivity index (χ3v) is 5.64. The summed E-state index contributed by atoms with van der Waals surface area (Å²) in [6.45, 7) is 0. The van der Waals surface area contributed by atoms with Crippen LogP contribution in [0, 0.1) is 0 Å². The number of benzene rings is 2. The molecule has 0 bridgehead atoms. The van der Waals surface area contributed by atoms with Gasteiger partial charge in [-0.2, -0.15) is 0 Å². The molecule has 1 aliphatic heterocycles. The number of rotatable bonds is 0. The zero-order chi connectivity index (χ0) is 10.5. The fraction of sp³-hybridized carbons (Fsp3) is 0.0769. The molecule has 0 amide bonds. The molecule has 3 rings (SSSR count). The Labute approximate surface area is 90.2 Å². The predicted molar refractivity (Wildman–Crippen MR) is 63.9 cm³/mol. The molecular formula is C13H12OS. The standard InChI is InChI=1S/C13H12OS/c1-15(14)12-8-4-2-6-10(12)11-7-3-5-9-13(11)15/h2-9,15H,1H3. The highest BCUT2D eigenvalue weighted by molar-refractivity contribution is 8.03. The van der Waals surface area contributed by atoms with Gasteiger partial charge >= 0.3 is 0 Å². The number of hydrogen-bond donors (Lipinski definition) is 1. The summed E-state index contributed by atoms with van der Waals surface area (Å²) >= 11 is 0. The Morgan fingerprint density at radius 3 is 1.67 bits per heavy atom. The average Bonchev–Trinajstić information content (AvgIpc) is 2.51. The van der Waals surface area contributed by atoms with Gasteiger partial charge in [-0.1, -0.05) is 46.3 Å². The Morgan fingerprint density at radius 2 is 1.20 bits per heavy atom. The first kappa shape index (κ1) is 8.86. The smallest absolute Gasteiger partial charge is 0.0264 e. The van der Waals surface area contributed by atoms with Gasteiger partial charge in [0.2, 0.25) is 0 Å². The van der Waals surface area contributed by atoms with Crippen LogP contribution >= 0.6 is 0 Å².